The van der Waals surface area contributed by atoms with Gasteiger partial charge in [0.25, 0.3) is 0 Å². The second kappa shape index (κ2) is 4.02. The summed E-state index contributed by atoms with van der Waals surface area (Å²) in [4.78, 5) is 8.45. The molecule has 0 aromatic rings. The van der Waals surface area contributed by atoms with Crippen molar-refractivity contribution >= 4 is 7.82 Å². The molecule has 0 saturated heterocycles. The minimum atomic E-state index is -4.11. The maximum absolute atomic E-state index is 10.4. The van der Waals surface area contributed by atoms with Crippen molar-refractivity contribution in [2.45, 2.75) is 13.0 Å². The van der Waals surface area contributed by atoms with Gasteiger partial charge in [-0.05, 0) is 6.92 Å². The Morgan fingerprint density at radius 3 is 2.60 bits per heavy atom. The third-order valence-electron chi connectivity index (χ3n) is 0.612. The van der Waals surface area contributed by atoms with Crippen LogP contribution in [-0.4, -0.2) is 22.7 Å². The molecule has 4 N–H and O–H groups in total. The summed E-state index contributed by atoms with van der Waals surface area (Å²) >= 11 is 0. The largest absolute Gasteiger partial charge is 0.488 e. The molecular weight excluding hydrogens is 161 g/mol. The van der Waals surface area contributed by atoms with Crippen LogP contribution in [0.1, 0.15) is 6.92 Å². The predicted molar refractivity (Wildman–Crippen MR) is 32.7 cm³/mol. The van der Waals surface area contributed by atoms with Crippen LogP contribution in [0.2, 0.25) is 0 Å². The van der Waals surface area contributed by atoms with Gasteiger partial charge in [-0.2, -0.15) is 0 Å². The van der Waals surface area contributed by atoms with E-state index in [1.807, 2.05) is 0 Å². The van der Waals surface area contributed by atoms with E-state index in [1.54, 1.807) is 0 Å². The summed E-state index contributed by atoms with van der Waals surface area (Å²) in [7, 11) is -4.11. The van der Waals surface area contributed by atoms with E-state index in [0.29, 0.717) is 0 Å². The van der Waals surface area contributed by atoms with Crippen molar-refractivity contribution in [3.05, 3.63) is 0 Å². The molecule has 6 nitrogen and oxygen atoms in total. The SMILES string of the molecule is CC(O)COP(=O)(O)ON. The van der Waals surface area contributed by atoms with Crippen molar-refractivity contribution in [1.82, 2.24) is 0 Å². The van der Waals surface area contributed by atoms with E-state index in [0.717, 1.165) is 0 Å². The fraction of sp³-hybridized carbons (Fsp3) is 1.00. The van der Waals surface area contributed by atoms with Crippen LogP contribution in [0.5, 0.6) is 0 Å². The van der Waals surface area contributed by atoms with Gasteiger partial charge in [-0.25, -0.2) is 15.1 Å². The van der Waals surface area contributed by atoms with Crippen molar-refractivity contribution in [3.63, 3.8) is 0 Å². The van der Waals surface area contributed by atoms with E-state index in [9.17, 15) is 4.57 Å². The summed E-state index contributed by atoms with van der Waals surface area (Å²) in [6, 6.07) is 0. The van der Waals surface area contributed by atoms with Crippen LogP contribution in [0.4, 0.5) is 0 Å². The number of aliphatic hydroxyl groups excluding tert-OH is 1. The first-order valence-corrected chi connectivity index (χ1v) is 4.01. The Morgan fingerprint density at radius 1 is 1.80 bits per heavy atom. The smallest absolute Gasteiger partial charge is 0.391 e. The molecule has 0 aliphatic heterocycles. The minimum Gasteiger partial charge on any atom is -0.391 e. The Kier molecular flexibility index (Phi) is 4.04. The summed E-state index contributed by atoms with van der Waals surface area (Å²) < 4.78 is 18.1. The first-order chi connectivity index (χ1) is 4.48. The number of rotatable bonds is 4. The molecule has 0 aliphatic carbocycles. The minimum absolute atomic E-state index is 0.287. The Labute approximate surface area is 58.1 Å². The molecule has 0 bridgehead atoms. The first-order valence-electron chi connectivity index (χ1n) is 2.52. The van der Waals surface area contributed by atoms with Gasteiger partial charge >= 0.3 is 7.82 Å². The first kappa shape index (κ1) is 10.0. The molecule has 2 unspecified atom stereocenters. The van der Waals surface area contributed by atoms with Gasteiger partial charge in [0.05, 0.1) is 12.7 Å². The molecule has 62 valence electrons. The summed E-state index contributed by atoms with van der Waals surface area (Å²) in [6.45, 7) is 1.11. The van der Waals surface area contributed by atoms with Crippen LogP contribution in [0.25, 0.3) is 0 Å². The van der Waals surface area contributed by atoms with Gasteiger partial charge in [-0.1, -0.05) is 0 Å². The second-order valence-electron chi connectivity index (χ2n) is 1.72. The molecule has 0 aliphatic rings. The maximum Gasteiger partial charge on any atom is 0.488 e. The van der Waals surface area contributed by atoms with Gasteiger partial charge in [-0.3, -0.25) is 4.52 Å². The molecule has 0 amide bonds. The van der Waals surface area contributed by atoms with E-state index in [-0.39, 0.29) is 6.61 Å². The van der Waals surface area contributed by atoms with Crippen molar-refractivity contribution in [3.8, 4) is 0 Å². The molecule has 7 heteroatoms. The maximum atomic E-state index is 10.4. The van der Waals surface area contributed by atoms with Crippen LogP contribution in [-0.2, 0) is 13.7 Å². The van der Waals surface area contributed by atoms with Gasteiger partial charge in [0.2, 0.25) is 0 Å². The zero-order chi connectivity index (χ0) is 8.20. The van der Waals surface area contributed by atoms with E-state index < -0.39 is 13.9 Å². The third kappa shape index (κ3) is 4.87. The summed E-state index contributed by atoms with van der Waals surface area (Å²) in [6.07, 6.45) is -0.823. The van der Waals surface area contributed by atoms with Gasteiger partial charge in [-0.15, -0.1) is 0 Å². The molecule has 0 aromatic carbocycles. The summed E-state index contributed by atoms with van der Waals surface area (Å²) in [5.41, 5.74) is 0. The highest BCUT2D eigenvalue weighted by atomic mass is 31.2. The van der Waals surface area contributed by atoms with E-state index in [4.69, 9.17) is 10.00 Å². The molecule has 0 aromatic heterocycles. The average molecular weight is 171 g/mol. The number of aliphatic hydroxyl groups is 1. The van der Waals surface area contributed by atoms with Crippen LogP contribution in [0.15, 0.2) is 0 Å². The highest BCUT2D eigenvalue weighted by molar-refractivity contribution is 7.47. The van der Waals surface area contributed by atoms with Gasteiger partial charge in [0.1, 0.15) is 0 Å². The highest BCUT2D eigenvalue weighted by Crippen LogP contribution is 2.40. The topological polar surface area (TPSA) is 102 Å². The lowest BCUT2D eigenvalue weighted by molar-refractivity contribution is 0.0831. The van der Waals surface area contributed by atoms with E-state index in [2.05, 4.69) is 15.0 Å². The Hall–Kier alpha value is 0.0300. The summed E-state index contributed by atoms with van der Waals surface area (Å²) in [5.74, 6) is 4.37. The van der Waals surface area contributed by atoms with Crippen molar-refractivity contribution < 1.29 is 23.7 Å². The van der Waals surface area contributed by atoms with Crippen molar-refractivity contribution in [2.24, 2.45) is 5.90 Å². The second-order valence-corrected chi connectivity index (χ2v) is 3.12. The van der Waals surface area contributed by atoms with Crippen LogP contribution in [0.3, 0.4) is 0 Å². The summed E-state index contributed by atoms with van der Waals surface area (Å²) in [5, 5.41) is 8.56. The molecule has 0 spiro atoms. The number of phosphoric acid groups is 1. The highest BCUT2D eigenvalue weighted by Gasteiger charge is 2.19. The van der Waals surface area contributed by atoms with Crippen molar-refractivity contribution in [1.29, 1.82) is 0 Å². The Bertz CT molecular complexity index is 137. The van der Waals surface area contributed by atoms with Gasteiger partial charge < -0.3 is 10.00 Å². The van der Waals surface area contributed by atoms with Crippen LogP contribution in [0, 0.1) is 0 Å². The number of nitrogens with two attached hydrogens (primary N) is 1. The molecule has 0 fully saturated rings. The Morgan fingerprint density at radius 2 is 2.30 bits per heavy atom. The monoisotopic (exact) mass is 171 g/mol. The quantitative estimate of drug-likeness (QED) is 0.384. The molecule has 0 radical (unpaired) electrons. The predicted octanol–water partition coefficient (Wildman–Crippen LogP) is -0.626. The fourth-order valence-electron chi connectivity index (χ4n) is 0.232. The molecule has 0 saturated carbocycles. The number of hydrogen-bond acceptors (Lipinski definition) is 5. The molecular formula is C3H10NO5P. The van der Waals surface area contributed by atoms with Crippen LogP contribution >= 0.6 is 7.82 Å². The standard InChI is InChI=1S/C3H10NO5P/c1-3(5)2-8-10(6,7)9-4/h3,5H,2,4H2,1H3,(H,6,7). The molecule has 2 atom stereocenters. The lowest BCUT2D eigenvalue weighted by Crippen LogP contribution is -2.11. The van der Waals surface area contributed by atoms with Gasteiger partial charge in [0, 0.05) is 0 Å². The fourth-order valence-corrected chi connectivity index (χ4v) is 0.697. The van der Waals surface area contributed by atoms with Crippen LogP contribution < -0.4 is 5.90 Å². The number of hydrogen-bond donors (Lipinski definition) is 3. The van der Waals surface area contributed by atoms with E-state index in [1.165, 1.54) is 6.92 Å². The molecule has 0 rings (SSSR count). The zero-order valence-electron chi connectivity index (χ0n) is 5.43. The lowest BCUT2D eigenvalue weighted by atomic mass is 10.5. The zero-order valence-corrected chi connectivity index (χ0v) is 6.32. The third-order valence-corrected chi connectivity index (χ3v) is 1.35. The normalized spacial score (nSPS) is 20.0. The Balaban J connectivity index is 3.58. The molecule has 0 heterocycles. The van der Waals surface area contributed by atoms with Crippen molar-refractivity contribution in [2.75, 3.05) is 6.61 Å². The molecule has 10 heavy (non-hydrogen) atoms. The lowest BCUT2D eigenvalue weighted by Gasteiger charge is -2.08. The number of phosphoric ester groups is 1. The van der Waals surface area contributed by atoms with Gasteiger partial charge in [0.15, 0.2) is 0 Å². The van der Waals surface area contributed by atoms with E-state index >= 15 is 0 Å². The average Bonchev–Trinajstić information content (AvgIpc) is 1.85.